The second-order valence-corrected chi connectivity index (χ2v) is 6.22. The van der Waals surface area contributed by atoms with Crippen molar-refractivity contribution >= 4 is 0 Å². The lowest BCUT2D eigenvalue weighted by Gasteiger charge is -2.44. The maximum atomic E-state index is 3.78. The Morgan fingerprint density at radius 3 is 1.56 bits per heavy atom. The lowest BCUT2D eigenvalue weighted by atomic mass is 9.68. The van der Waals surface area contributed by atoms with Crippen molar-refractivity contribution in [3.8, 4) is 0 Å². The van der Waals surface area contributed by atoms with Gasteiger partial charge in [-0.1, -0.05) is 81.6 Å². The van der Waals surface area contributed by atoms with Gasteiger partial charge in [-0.25, -0.2) is 4.98 Å². The maximum Gasteiger partial charge on any atom is 0.0943 e. The van der Waals surface area contributed by atoms with Crippen LogP contribution in [0.2, 0.25) is 0 Å². The monoisotopic (exact) mass is 383 g/mol. The van der Waals surface area contributed by atoms with Gasteiger partial charge in [-0.15, -0.1) is 0 Å². The number of rotatable bonds is 1. The lowest BCUT2D eigenvalue weighted by Crippen LogP contribution is -2.40. The van der Waals surface area contributed by atoms with E-state index in [1.54, 1.807) is 12.5 Å². The van der Waals surface area contributed by atoms with Crippen molar-refractivity contribution in [3.05, 3.63) is 18.7 Å². The van der Waals surface area contributed by atoms with Crippen LogP contribution in [-0.2, 0) is 7.05 Å². The van der Waals surface area contributed by atoms with Crippen LogP contribution in [0.1, 0.15) is 107 Å². The van der Waals surface area contributed by atoms with Crippen LogP contribution in [0.4, 0.5) is 0 Å². The minimum absolute atomic E-state index is 0.796. The first-order chi connectivity index (χ1) is 13.2. The van der Waals surface area contributed by atoms with Gasteiger partial charge in [0.25, 0.3) is 0 Å². The van der Waals surface area contributed by atoms with Crippen LogP contribution in [0.25, 0.3) is 0 Å². The molecule has 1 aliphatic heterocycles. The minimum Gasteiger partial charge on any atom is -0.341 e. The second-order valence-electron chi connectivity index (χ2n) is 6.22. The molecule has 0 radical (unpaired) electrons. The van der Waals surface area contributed by atoms with Crippen molar-refractivity contribution in [3.63, 3.8) is 0 Å². The van der Waals surface area contributed by atoms with Crippen LogP contribution < -0.4 is 0 Å². The van der Waals surface area contributed by atoms with E-state index in [-0.39, 0.29) is 0 Å². The molecule has 0 aromatic carbocycles. The Bertz CT molecular complexity index is 331. The van der Waals surface area contributed by atoms with E-state index in [1.807, 2.05) is 73.2 Å². The Kier molecular flexibility index (Phi) is 26.5. The fraction of sp³-hybridized carbons (Fsp3) is 0.875. The number of aromatic nitrogens is 2. The third-order valence-electron chi connectivity index (χ3n) is 4.91. The van der Waals surface area contributed by atoms with E-state index in [4.69, 9.17) is 0 Å². The summed E-state index contributed by atoms with van der Waals surface area (Å²) in [5, 5.41) is 0. The zero-order valence-electron chi connectivity index (χ0n) is 20.6. The third-order valence-corrected chi connectivity index (χ3v) is 4.91. The standard InChI is InChI=1S/C12H23N.C4H6N2.4C2H6/c1-2-13-10-8-12(9-11-13)6-4-3-5-7-12;1-6-3-2-5-4-6;4*1-2/h2-11H2,1H3;2-4H,1H3;4*1-2H3. The van der Waals surface area contributed by atoms with Crippen molar-refractivity contribution in [2.75, 3.05) is 19.6 Å². The Hall–Kier alpha value is -0.830. The highest BCUT2D eigenvalue weighted by Crippen LogP contribution is 2.44. The first kappa shape index (κ1) is 30.9. The first-order valence-electron chi connectivity index (χ1n) is 11.9. The van der Waals surface area contributed by atoms with Crippen LogP contribution in [-0.4, -0.2) is 34.1 Å². The van der Waals surface area contributed by atoms with Gasteiger partial charge in [0.05, 0.1) is 6.33 Å². The molecule has 0 bridgehead atoms. The maximum absolute atomic E-state index is 3.78. The van der Waals surface area contributed by atoms with Gasteiger partial charge in [-0.05, 0) is 50.7 Å². The fourth-order valence-electron chi connectivity index (χ4n) is 3.47. The van der Waals surface area contributed by atoms with Gasteiger partial charge in [0, 0.05) is 19.4 Å². The van der Waals surface area contributed by atoms with Gasteiger partial charge < -0.3 is 9.47 Å². The molecule has 2 aliphatic rings. The summed E-state index contributed by atoms with van der Waals surface area (Å²) in [7, 11) is 1.94. The summed E-state index contributed by atoms with van der Waals surface area (Å²) in [5.74, 6) is 0. The van der Waals surface area contributed by atoms with Gasteiger partial charge in [0.1, 0.15) is 0 Å². The van der Waals surface area contributed by atoms with Crippen LogP contribution in [0, 0.1) is 5.41 Å². The molecule has 3 heteroatoms. The number of hydrogen-bond acceptors (Lipinski definition) is 2. The zero-order chi connectivity index (χ0) is 21.6. The highest BCUT2D eigenvalue weighted by molar-refractivity contribution is 4.87. The van der Waals surface area contributed by atoms with Crippen LogP contribution >= 0.6 is 0 Å². The van der Waals surface area contributed by atoms with Crippen molar-refractivity contribution < 1.29 is 0 Å². The molecule has 2 heterocycles. The summed E-state index contributed by atoms with van der Waals surface area (Å²) in [5.41, 5.74) is 0.796. The number of imidazole rings is 1. The topological polar surface area (TPSA) is 21.1 Å². The summed E-state index contributed by atoms with van der Waals surface area (Å²) in [6, 6.07) is 0. The Balaban J connectivity index is -0.000000347. The molecule has 0 amide bonds. The number of likely N-dealkylation sites (tertiary alicyclic amines) is 1. The molecular weight excluding hydrogens is 330 g/mol. The summed E-state index contributed by atoms with van der Waals surface area (Å²) >= 11 is 0. The second kappa shape index (κ2) is 23.2. The molecule has 0 atom stereocenters. The van der Waals surface area contributed by atoms with E-state index < -0.39 is 0 Å². The Labute approximate surface area is 173 Å². The van der Waals surface area contributed by atoms with Crippen LogP contribution in [0.5, 0.6) is 0 Å². The smallest absolute Gasteiger partial charge is 0.0943 e. The quantitative estimate of drug-likeness (QED) is 0.498. The van der Waals surface area contributed by atoms with E-state index in [9.17, 15) is 0 Å². The summed E-state index contributed by atoms with van der Waals surface area (Å²) in [6.45, 7) is 22.3. The third kappa shape index (κ3) is 14.8. The van der Waals surface area contributed by atoms with Crippen molar-refractivity contribution in [1.29, 1.82) is 0 Å². The number of nitrogens with zero attached hydrogens (tertiary/aromatic N) is 3. The van der Waals surface area contributed by atoms with Crippen molar-refractivity contribution in [2.45, 2.75) is 107 Å². The van der Waals surface area contributed by atoms with Gasteiger partial charge in [-0.2, -0.15) is 0 Å². The average molecular weight is 384 g/mol. The van der Waals surface area contributed by atoms with E-state index >= 15 is 0 Å². The summed E-state index contributed by atoms with van der Waals surface area (Å²) in [4.78, 5) is 6.40. The molecule has 1 aromatic heterocycles. The Morgan fingerprint density at radius 1 is 0.778 bits per heavy atom. The van der Waals surface area contributed by atoms with Crippen LogP contribution in [0.3, 0.4) is 0 Å². The molecule has 2 fully saturated rings. The number of piperidine rings is 1. The molecular formula is C24H53N3. The molecule has 3 rings (SSSR count). The van der Waals surface area contributed by atoms with Crippen LogP contribution in [0.15, 0.2) is 18.7 Å². The minimum atomic E-state index is 0.796. The van der Waals surface area contributed by atoms with E-state index in [0.717, 1.165) is 5.41 Å². The molecule has 0 N–H and O–H groups in total. The summed E-state index contributed by atoms with van der Waals surface area (Å²) in [6.07, 6.45) is 15.9. The highest BCUT2D eigenvalue weighted by atomic mass is 15.1. The molecule has 1 spiro atoms. The largest absolute Gasteiger partial charge is 0.341 e. The molecule has 27 heavy (non-hydrogen) atoms. The average Bonchev–Trinajstić information content (AvgIpc) is 3.26. The Morgan fingerprint density at radius 2 is 1.26 bits per heavy atom. The normalized spacial score (nSPS) is 17.0. The van der Waals surface area contributed by atoms with Gasteiger partial charge in [0.15, 0.2) is 0 Å². The van der Waals surface area contributed by atoms with Crippen molar-refractivity contribution in [1.82, 2.24) is 14.5 Å². The molecule has 1 saturated carbocycles. The van der Waals surface area contributed by atoms with Gasteiger partial charge >= 0.3 is 0 Å². The molecule has 164 valence electrons. The summed E-state index contributed by atoms with van der Waals surface area (Å²) < 4.78 is 1.89. The fourth-order valence-corrected chi connectivity index (χ4v) is 3.47. The first-order valence-corrected chi connectivity index (χ1v) is 11.9. The molecule has 3 nitrogen and oxygen atoms in total. The molecule has 1 aliphatic carbocycles. The predicted molar refractivity (Wildman–Crippen MR) is 125 cm³/mol. The molecule has 1 saturated heterocycles. The molecule has 0 unspecified atom stereocenters. The number of aryl methyl sites for hydroxylation is 1. The van der Waals surface area contributed by atoms with E-state index in [2.05, 4.69) is 16.8 Å². The predicted octanol–water partition coefficient (Wildman–Crippen LogP) is 7.58. The SMILES string of the molecule is CC.CC.CC.CC.CCN1CCC2(CCCCC2)CC1.Cn1ccnc1. The lowest BCUT2D eigenvalue weighted by molar-refractivity contribution is 0.0706. The molecule has 1 aromatic rings. The van der Waals surface area contributed by atoms with Crippen molar-refractivity contribution in [2.24, 2.45) is 12.5 Å². The zero-order valence-corrected chi connectivity index (χ0v) is 20.6. The van der Waals surface area contributed by atoms with Gasteiger partial charge in [0.2, 0.25) is 0 Å². The van der Waals surface area contributed by atoms with E-state index in [0.29, 0.717) is 0 Å². The number of hydrogen-bond donors (Lipinski definition) is 0. The van der Waals surface area contributed by atoms with E-state index in [1.165, 1.54) is 64.6 Å². The highest BCUT2D eigenvalue weighted by Gasteiger charge is 2.34. The van der Waals surface area contributed by atoms with Gasteiger partial charge in [-0.3, -0.25) is 0 Å².